The Labute approximate surface area is 134 Å². The van der Waals surface area contributed by atoms with E-state index in [-0.39, 0.29) is 11.9 Å². The van der Waals surface area contributed by atoms with Crippen LogP contribution in [0.2, 0.25) is 0 Å². The Morgan fingerprint density at radius 1 is 1.22 bits per heavy atom. The largest absolute Gasteiger partial charge is 0.444 e. The minimum atomic E-state index is -0.541. The molecule has 0 aromatic heterocycles. The maximum atomic E-state index is 11.6. The van der Waals surface area contributed by atoms with E-state index in [0.717, 1.165) is 0 Å². The van der Waals surface area contributed by atoms with E-state index in [1.165, 1.54) is 0 Å². The fraction of sp³-hybridized carbons (Fsp3) is 0.438. The van der Waals surface area contributed by atoms with Crippen LogP contribution in [0.3, 0.4) is 0 Å². The number of hydrogen-bond acceptors (Lipinski definition) is 5. The van der Waals surface area contributed by atoms with Crippen LogP contribution in [0.15, 0.2) is 18.2 Å². The fourth-order valence-corrected chi connectivity index (χ4v) is 2.14. The van der Waals surface area contributed by atoms with Crippen LogP contribution in [0.4, 0.5) is 10.5 Å². The first-order valence-corrected chi connectivity index (χ1v) is 7.39. The molecule has 0 aliphatic carbocycles. The predicted octanol–water partition coefficient (Wildman–Crippen LogP) is 1.90. The lowest BCUT2D eigenvalue weighted by atomic mass is 10.1. The second-order valence-corrected chi connectivity index (χ2v) is 6.47. The number of carbonyl (C=O) groups is 3. The standard InChI is InChI=1S/C16H21N3O4/c1-9(8-17-15(22)23-16(2,3)4)18-10-5-6-11-12(7-10)14(21)19-13(11)20/h5-7,9,18H,8H2,1-4H3,(H,17,22)(H,19,20,21). The van der Waals surface area contributed by atoms with Crippen LogP contribution in [0.5, 0.6) is 0 Å². The Bertz CT molecular complexity index is 649. The van der Waals surface area contributed by atoms with Gasteiger partial charge in [-0.05, 0) is 45.9 Å². The molecule has 1 aliphatic rings. The molecule has 1 aromatic rings. The van der Waals surface area contributed by atoms with Crippen molar-refractivity contribution in [2.24, 2.45) is 0 Å². The van der Waals surface area contributed by atoms with Gasteiger partial charge in [0.1, 0.15) is 5.60 Å². The lowest BCUT2D eigenvalue weighted by Crippen LogP contribution is -2.38. The van der Waals surface area contributed by atoms with Gasteiger partial charge in [-0.3, -0.25) is 14.9 Å². The van der Waals surface area contributed by atoms with Gasteiger partial charge in [0.05, 0.1) is 11.1 Å². The summed E-state index contributed by atoms with van der Waals surface area (Å²) >= 11 is 0. The summed E-state index contributed by atoms with van der Waals surface area (Å²) in [5.74, 6) is -0.774. The highest BCUT2D eigenvalue weighted by Gasteiger charge is 2.26. The average molecular weight is 319 g/mol. The van der Waals surface area contributed by atoms with Crippen LogP contribution in [-0.2, 0) is 4.74 Å². The summed E-state index contributed by atoms with van der Waals surface area (Å²) in [5, 5.41) is 8.08. The Hall–Kier alpha value is -2.57. The first-order valence-electron chi connectivity index (χ1n) is 7.39. The summed E-state index contributed by atoms with van der Waals surface area (Å²) in [5.41, 5.74) is 0.889. The first-order chi connectivity index (χ1) is 10.7. The van der Waals surface area contributed by atoms with E-state index in [4.69, 9.17) is 4.74 Å². The number of alkyl carbamates (subject to hydrolysis) is 1. The van der Waals surface area contributed by atoms with E-state index in [1.54, 1.807) is 39.0 Å². The highest BCUT2D eigenvalue weighted by Crippen LogP contribution is 2.20. The summed E-state index contributed by atoms with van der Waals surface area (Å²) in [6.45, 7) is 7.63. The molecule has 1 aromatic carbocycles. The smallest absolute Gasteiger partial charge is 0.407 e. The molecule has 1 heterocycles. The summed E-state index contributed by atoms with van der Waals surface area (Å²) in [6, 6.07) is 4.87. The molecule has 0 saturated carbocycles. The number of anilines is 1. The van der Waals surface area contributed by atoms with E-state index in [0.29, 0.717) is 23.4 Å². The van der Waals surface area contributed by atoms with Gasteiger partial charge in [-0.1, -0.05) is 0 Å². The van der Waals surface area contributed by atoms with Gasteiger partial charge in [0.15, 0.2) is 0 Å². The molecule has 23 heavy (non-hydrogen) atoms. The van der Waals surface area contributed by atoms with Crippen LogP contribution < -0.4 is 16.0 Å². The van der Waals surface area contributed by atoms with Crippen LogP contribution in [0.25, 0.3) is 0 Å². The number of nitrogens with one attached hydrogen (secondary N) is 3. The summed E-state index contributed by atoms with van der Waals surface area (Å²) < 4.78 is 5.16. The predicted molar refractivity (Wildman–Crippen MR) is 85.6 cm³/mol. The molecule has 7 heteroatoms. The normalized spacial score (nSPS) is 14.8. The topological polar surface area (TPSA) is 96.5 Å². The van der Waals surface area contributed by atoms with Crippen LogP contribution in [0.1, 0.15) is 48.4 Å². The molecular weight excluding hydrogens is 298 g/mol. The highest BCUT2D eigenvalue weighted by atomic mass is 16.6. The zero-order valence-corrected chi connectivity index (χ0v) is 13.6. The van der Waals surface area contributed by atoms with E-state index < -0.39 is 17.6 Å². The van der Waals surface area contributed by atoms with Crippen molar-refractivity contribution in [3.05, 3.63) is 29.3 Å². The van der Waals surface area contributed by atoms with Crippen molar-refractivity contribution in [1.29, 1.82) is 0 Å². The third kappa shape index (κ3) is 4.45. The lowest BCUT2D eigenvalue weighted by Gasteiger charge is -2.21. The molecule has 1 atom stereocenters. The van der Waals surface area contributed by atoms with Gasteiger partial charge in [-0.15, -0.1) is 0 Å². The molecular formula is C16H21N3O4. The van der Waals surface area contributed by atoms with E-state index in [2.05, 4.69) is 16.0 Å². The van der Waals surface area contributed by atoms with Gasteiger partial charge < -0.3 is 15.4 Å². The third-order valence-corrected chi connectivity index (χ3v) is 3.10. The van der Waals surface area contributed by atoms with Crippen molar-refractivity contribution in [2.75, 3.05) is 11.9 Å². The Morgan fingerprint density at radius 3 is 2.52 bits per heavy atom. The van der Waals surface area contributed by atoms with Crippen molar-refractivity contribution in [2.45, 2.75) is 39.3 Å². The molecule has 0 saturated heterocycles. The number of carbonyl (C=O) groups excluding carboxylic acids is 3. The number of rotatable bonds is 4. The number of imide groups is 1. The van der Waals surface area contributed by atoms with Crippen molar-refractivity contribution in [3.8, 4) is 0 Å². The van der Waals surface area contributed by atoms with Crippen molar-refractivity contribution >= 4 is 23.6 Å². The Morgan fingerprint density at radius 2 is 1.87 bits per heavy atom. The number of benzene rings is 1. The van der Waals surface area contributed by atoms with Gasteiger partial charge in [-0.2, -0.15) is 0 Å². The molecule has 1 unspecified atom stereocenters. The summed E-state index contributed by atoms with van der Waals surface area (Å²) in [4.78, 5) is 34.7. The Balaban J connectivity index is 1.90. The second kappa shape index (κ2) is 6.28. The van der Waals surface area contributed by atoms with Crippen molar-refractivity contribution < 1.29 is 19.1 Å². The van der Waals surface area contributed by atoms with E-state index in [1.807, 2.05) is 6.92 Å². The van der Waals surface area contributed by atoms with Gasteiger partial charge in [0.2, 0.25) is 0 Å². The third-order valence-electron chi connectivity index (χ3n) is 3.10. The van der Waals surface area contributed by atoms with E-state index >= 15 is 0 Å². The number of amides is 3. The molecule has 2 rings (SSSR count). The van der Waals surface area contributed by atoms with Crippen molar-refractivity contribution in [1.82, 2.24) is 10.6 Å². The van der Waals surface area contributed by atoms with Gasteiger partial charge in [0, 0.05) is 18.3 Å². The van der Waals surface area contributed by atoms with Crippen molar-refractivity contribution in [3.63, 3.8) is 0 Å². The number of ether oxygens (including phenoxy) is 1. The molecule has 3 amide bonds. The molecule has 7 nitrogen and oxygen atoms in total. The molecule has 0 bridgehead atoms. The van der Waals surface area contributed by atoms with Gasteiger partial charge in [-0.25, -0.2) is 4.79 Å². The number of fused-ring (bicyclic) bond motifs is 1. The monoisotopic (exact) mass is 319 g/mol. The average Bonchev–Trinajstić information content (AvgIpc) is 2.70. The Kier molecular flexibility index (Phi) is 4.58. The van der Waals surface area contributed by atoms with Gasteiger partial charge in [0.25, 0.3) is 11.8 Å². The molecule has 1 aliphatic heterocycles. The van der Waals surface area contributed by atoms with Crippen LogP contribution in [0, 0.1) is 0 Å². The molecule has 0 radical (unpaired) electrons. The fourth-order valence-electron chi connectivity index (χ4n) is 2.14. The zero-order valence-electron chi connectivity index (χ0n) is 13.6. The molecule has 0 fully saturated rings. The highest BCUT2D eigenvalue weighted by molar-refractivity contribution is 6.21. The maximum absolute atomic E-state index is 11.6. The van der Waals surface area contributed by atoms with E-state index in [9.17, 15) is 14.4 Å². The summed E-state index contributed by atoms with van der Waals surface area (Å²) in [7, 11) is 0. The molecule has 124 valence electrons. The van der Waals surface area contributed by atoms with Gasteiger partial charge >= 0.3 is 6.09 Å². The lowest BCUT2D eigenvalue weighted by molar-refractivity contribution is 0.0526. The molecule has 3 N–H and O–H groups in total. The minimum Gasteiger partial charge on any atom is -0.444 e. The number of hydrogen-bond donors (Lipinski definition) is 3. The zero-order chi connectivity index (χ0) is 17.2. The van der Waals surface area contributed by atoms with Crippen LogP contribution >= 0.6 is 0 Å². The SMILES string of the molecule is CC(CNC(=O)OC(C)(C)C)Nc1ccc2c(c1)C(=O)NC2=O. The van der Waals surface area contributed by atoms with Crippen LogP contribution in [-0.4, -0.2) is 36.1 Å². The summed E-state index contributed by atoms with van der Waals surface area (Å²) in [6.07, 6.45) is -0.481. The maximum Gasteiger partial charge on any atom is 0.407 e. The minimum absolute atomic E-state index is 0.0827. The second-order valence-electron chi connectivity index (χ2n) is 6.47. The first kappa shape index (κ1) is 16.8. The quantitative estimate of drug-likeness (QED) is 0.737. The molecule has 0 spiro atoms.